The molecule has 0 unspecified atom stereocenters. The van der Waals surface area contributed by atoms with Crippen molar-refractivity contribution in [3.8, 4) is 0 Å². The highest BCUT2D eigenvalue weighted by atomic mass is 16.7. The van der Waals surface area contributed by atoms with Gasteiger partial charge < -0.3 is 19.0 Å². The number of ether oxygens (including phenoxy) is 3. The first-order chi connectivity index (χ1) is 12.0. The number of hydrogen-bond donors (Lipinski definition) is 0. The van der Waals surface area contributed by atoms with E-state index in [1.165, 1.54) is 5.06 Å². The van der Waals surface area contributed by atoms with Crippen molar-refractivity contribution in [1.82, 2.24) is 5.06 Å². The monoisotopic (exact) mass is 347 g/mol. The van der Waals surface area contributed by atoms with Crippen molar-refractivity contribution in [1.29, 1.82) is 0 Å². The zero-order valence-electron chi connectivity index (χ0n) is 14.0. The third kappa shape index (κ3) is 2.29. The average Bonchev–Trinajstić information content (AvgIpc) is 3.02. The lowest BCUT2D eigenvalue weighted by atomic mass is 9.80. The summed E-state index contributed by atoms with van der Waals surface area (Å²) in [5.74, 6) is -2.87. The molecule has 2 aliphatic rings. The van der Waals surface area contributed by atoms with Gasteiger partial charge >= 0.3 is 17.9 Å². The van der Waals surface area contributed by atoms with Gasteiger partial charge in [-0.1, -0.05) is 30.3 Å². The predicted molar refractivity (Wildman–Crippen MR) is 82.5 cm³/mol. The maximum atomic E-state index is 12.9. The maximum Gasteiger partial charge on any atom is 0.376 e. The summed E-state index contributed by atoms with van der Waals surface area (Å²) < 4.78 is 14.8. The Balaban J connectivity index is 2.34. The largest absolute Gasteiger partial charge is 0.465 e. The zero-order chi connectivity index (χ0) is 18.2. The molecule has 0 saturated carbocycles. The summed E-state index contributed by atoms with van der Waals surface area (Å²) in [7, 11) is 2.31. The number of carbonyl (C=O) groups excluding carboxylic acids is 3. The Morgan fingerprint density at radius 2 is 1.80 bits per heavy atom. The van der Waals surface area contributed by atoms with Crippen LogP contribution in [0.3, 0.4) is 0 Å². The smallest absolute Gasteiger partial charge is 0.376 e. The number of hydrogen-bond acceptors (Lipinski definition) is 8. The molecular formula is C17H17NO7. The second-order valence-electron chi connectivity index (χ2n) is 5.63. The topological polar surface area (TPSA) is 91.4 Å². The lowest BCUT2D eigenvalue weighted by molar-refractivity contribution is -0.235. The highest BCUT2D eigenvalue weighted by Gasteiger charge is 2.65. The van der Waals surface area contributed by atoms with E-state index in [0.717, 1.165) is 14.2 Å². The van der Waals surface area contributed by atoms with Gasteiger partial charge in [-0.05, 0) is 12.5 Å². The lowest BCUT2D eigenvalue weighted by Gasteiger charge is -2.42. The fourth-order valence-electron chi connectivity index (χ4n) is 3.11. The molecular weight excluding hydrogens is 330 g/mol. The summed E-state index contributed by atoms with van der Waals surface area (Å²) in [6, 6.07) is 8.07. The number of cyclic esters (lactones) is 1. The van der Waals surface area contributed by atoms with E-state index in [1.807, 2.05) is 0 Å². The van der Waals surface area contributed by atoms with Crippen molar-refractivity contribution in [2.45, 2.75) is 18.5 Å². The molecule has 8 nitrogen and oxygen atoms in total. The Bertz CT molecular complexity index is 758. The molecule has 8 heteroatoms. The van der Waals surface area contributed by atoms with Crippen LogP contribution in [0, 0.1) is 0 Å². The molecule has 0 amide bonds. The summed E-state index contributed by atoms with van der Waals surface area (Å²) in [6.07, 6.45) is 0. The van der Waals surface area contributed by atoms with Crippen LogP contribution in [0.2, 0.25) is 0 Å². The van der Waals surface area contributed by atoms with E-state index in [-0.39, 0.29) is 17.9 Å². The lowest BCUT2D eigenvalue weighted by Crippen LogP contribution is -2.60. The predicted octanol–water partition coefficient (Wildman–Crippen LogP) is 0.674. The SMILES string of the molecule is COC(=O)C1=C(C(=O)OC)[C@]2(c3ccccc3)C(=O)OC[C@@H](C)N2O1. The van der Waals surface area contributed by atoms with Crippen LogP contribution in [0.25, 0.3) is 0 Å². The Kier molecular flexibility index (Phi) is 4.22. The molecule has 132 valence electrons. The molecule has 1 aromatic rings. The Labute approximate surface area is 143 Å². The van der Waals surface area contributed by atoms with Gasteiger partial charge in [0.15, 0.2) is 0 Å². The number of morpholine rings is 1. The molecule has 2 aliphatic heterocycles. The Hall–Kier alpha value is -2.87. The number of methoxy groups -OCH3 is 2. The molecule has 1 fully saturated rings. The number of nitrogens with zero attached hydrogens (tertiary/aromatic N) is 1. The molecule has 1 saturated heterocycles. The number of fused-ring (bicyclic) bond motifs is 1. The number of esters is 3. The Morgan fingerprint density at radius 1 is 1.16 bits per heavy atom. The quantitative estimate of drug-likeness (QED) is 0.582. The van der Waals surface area contributed by atoms with Gasteiger partial charge in [0.05, 0.1) is 20.3 Å². The molecule has 2 atom stereocenters. The van der Waals surface area contributed by atoms with Crippen LogP contribution >= 0.6 is 0 Å². The standard InChI is InChI=1S/C17H17NO7/c1-10-9-24-16(21)17(11-7-5-4-6-8-11)12(14(19)22-2)13(15(20)23-3)25-18(10)17/h4-8,10H,9H2,1-3H3/t10-,17-/m1/s1. The van der Waals surface area contributed by atoms with Gasteiger partial charge in [-0.15, -0.1) is 5.06 Å². The van der Waals surface area contributed by atoms with Crippen molar-refractivity contribution in [3.63, 3.8) is 0 Å². The van der Waals surface area contributed by atoms with Crippen LogP contribution in [-0.2, 0) is 39.0 Å². The van der Waals surface area contributed by atoms with Gasteiger partial charge in [0.25, 0.3) is 0 Å². The fourth-order valence-corrected chi connectivity index (χ4v) is 3.11. The molecule has 1 aromatic carbocycles. The molecule has 0 N–H and O–H groups in total. The highest BCUT2D eigenvalue weighted by molar-refractivity contribution is 6.08. The maximum absolute atomic E-state index is 12.9. The minimum atomic E-state index is -1.74. The summed E-state index contributed by atoms with van der Waals surface area (Å²) >= 11 is 0. The second kappa shape index (κ2) is 6.21. The molecule has 0 spiro atoms. The fraction of sp³-hybridized carbons (Fsp3) is 0.353. The first-order valence-corrected chi connectivity index (χ1v) is 7.59. The van der Waals surface area contributed by atoms with E-state index in [1.54, 1.807) is 37.3 Å². The van der Waals surface area contributed by atoms with Gasteiger partial charge in [-0.25, -0.2) is 14.4 Å². The minimum absolute atomic E-state index is 0.0519. The molecule has 3 rings (SSSR count). The van der Waals surface area contributed by atoms with Crippen LogP contribution in [-0.4, -0.2) is 49.8 Å². The van der Waals surface area contributed by atoms with Crippen LogP contribution in [0.1, 0.15) is 12.5 Å². The van der Waals surface area contributed by atoms with Crippen molar-refractivity contribution >= 4 is 17.9 Å². The van der Waals surface area contributed by atoms with E-state index >= 15 is 0 Å². The van der Waals surface area contributed by atoms with Crippen molar-refractivity contribution in [3.05, 3.63) is 47.2 Å². The van der Waals surface area contributed by atoms with Gasteiger partial charge in [0.2, 0.25) is 11.3 Å². The number of carbonyl (C=O) groups is 3. The van der Waals surface area contributed by atoms with Gasteiger partial charge in [-0.2, -0.15) is 0 Å². The summed E-state index contributed by atoms with van der Waals surface area (Å²) in [5.41, 5.74) is -1.58. The van der Waals surface area contributed by atoms with Crippen LogP contribution in [0.4, 0.5) is 0 Å². The molecule has 0 aliphatic carbocycles. The van der Waals surface area contributed by atoms with Gasteiger partial charge in [-0.3, -0.25) is 0 Å². The van der Waals surface area contributed by atoms with E-state index < -0.39 is 29.5 Å². The van der Waals surface area contributed by atoms with Crippen LogP contribution < -0.4 is 0 Å². The molecule has 2 heterocycles. The van der Waals surface area contributed by atoms with E-state index in [2.05, 4.69) is 0 Å². The summed E-state index contributed by atoms with van der Waals surface area (Å²) in [6.45, 7) is 1.80. The Morgan fingerprint density at radius 3 is 2.40 bits per heavy atom. The van der Waals surface area contributed by atoms with Crippen molar-refractivity contribution in [2.75, 3.05) is 20.8 Å². The van der Waals surface area contributed by atoms with E-state index in [4.69, 9.17) is 19.0 Å². The summed E-state index contributed by atoms with van der Waals surface area (Å²) in [5, 5.41) is 1.30. The third-order valence-corrected chi connectivity index (χ3v) is 4.21. The van der Waals surface area contributed by atoms with Crippen LogP contribution in [0.5, 0.6) is 0 Å². The van der Waals surface area contributed by atoms with Crippen molar-refractivity contribution in [2.24, 2.45) is 0 Å². The average molecular weight is 347 g/mol. The highest BCUT2D eigenvalue weighted by Crippen LogP contribution is 2.48. The third-order valence-electron chi connectivity index (χ3n) is 4.21. The van der Waals surface area contributed by atoms with E-state index in [9.17, 15) is 14.4 Å². The van der Waals surface area contributed by atoms with Crippen LogP contribution in [0.15, 0.2) is 41.7 Å². The molecule has 0 aromatic heterocycles. The number of hydroxylamine groups is 2. The van der Waals surface area contributed by atoms with Gasteiger partial charge in [0.1, 0.15) is 12.2 Å². The van der Waals surface area contributed by atoms with E-state index in [0.29, 0.717) is 5.56 Å². The normalized spacial score (nSPS) is 25.7. The molecule has 25 heavy (non-hydrogen) atoms. The molecule has 0 bridgehead atoms. The first-order valence-electron chi connectivity index (χ1n) is 7.59. The zero-order valence-corrected chi connectivity index (χ0v) is 14.0. The number of rotatable bonds is 3. The number of benzene rings is 1. The second-order valence-corrected chi connectivity index (χ2v) is 5.63. The first kappa shape index (κ1) is 17.0. The van der Waals surface area contributed by atoms with Crippen molar-refractivity contribution < 1.29 is 33.4 Å². The summed E-state index contributed by atoms with van der Waals surface area (Å²) in [4.78, 5) is 43.2. The minimum Gasteiger partial charge on any atom is -0.465 e. The van der Waals surface area contributed by atoms with Gasteiger partial charge in [0, 0.05) is 0 Å². The molecule has 0 radical (unpaired) electrons.